The van der Waals surface area contributed by atoms with Crippen molar-refractivity contribution in [3.63, 3.8) is 0 Å². The van der Waals surface area contributed by atoms with E-state index in [-0.39, 0.29) is 99.0 Å². The Bertz CT molecular complexity index is 3470. The number of nitrogens with zero attached hydrogens (tertiary/aromatic N) is 5. The largest absolute Gasteiger partial charge is 0.444 e. The van der Waals surface area contributed by atoms with E-state index in [0.717, 1.165) is 50.8 Å². The molecule has 3 atom stereocenters. The fraction of sp³-hybridized carbons (Fsp3) is 0.429. The number of amides is 9. The Balaban J connectivity index is 0.772. The summed E-state index contributed by atoms with van der Waals surface area (Å²) in [6, 6.07) is 20.4. The third-order valence-electron chi connectivity index (χ3n) is 16.4. The van der Waals surface area contributed by atoms with Crippen molar-refractivity contribution in [2.75, 3.05) is 92.9 Å². The van der Waals surface area contributed by atoms with Gasteiger partial charge in [0.1, 0.15) is 23.8 Å². The van der Waals surface area contributed by atoms with Gasteiger partial charge < -0.3 is 56.2 Å². The summed E-state index contributed by atoms with van der Waals surface area (Å²) in [5.41, 5.74) is 10.7. The number of urea groups is 1. The number of alkyl halides is 1. The summed E-state index contributed by atoms with van der Waals surface area (Å²) >= 11 is 3.70. The number of halogens is 1. The zero-order valence-electron chi connectivity index (χ0n) is 49.1. The molecule has 0 bridgehead atoms. The van der Waals surface area contributed by atoms with Crippen LogP contribution in [0.4, 0.5) is 31.4 Å². The van der Waals surface area contributed by atoms with Crippen LogP contribution in [0.5, 0.6) is 5.75 Å². The highest BCUT2D eigenvalue weighted by atomic mass is 79.9. The van der Waals surface area contributed by atoms with Crippen LogP contribution in [-0.2, 0) is 46.5 Å². The Morgan fingerprint density at radius 3 is 2.22 bits per heavy atom. The van der Waals surface area contributed by atoms with Gasteiger partial charge >= 0.3 is 18.2 Å². The van der Waals surface area contributed by atoms with E-state index >= 15 is 0 Å². The van der Waals surface area contributed by atoms with Crippen LogP contribution in [0.3, 0.4) is 0 Å². The zero-order valence-corrected chi connectivity index (χ0v) is 50.7. The maximum atomic E-state index is 14.7. The minimum atomic E-state index is -0.817. The lowest BCUT2D eigenvalue weighted by atomic mass is 9.89. The third kappa shape index (κ3) is 15.4. The molecule has 24 heteroatoms. The second-order valence-electron chi connectivity index (χ2n) is 22.8. The standard InChI is InChI=1S/C63H74BrN11O12/c1-38(2)58(68-35-43(76)16-19-54(78)66-23-6-7-25-74-55(79)20-21-56(74)80)52(77)31-40(9-8-24-67-61(65)83)59(81)69-42-14-12-39(13-15-42)37-86-63(85)73-26-22-44-47-32-49(70-48(47)17-18-50(44)73)60(82)75-36-41(34-64)57-46-11-5-4-10-45(46)53(33-51(57)75)87-62(84)72-29-27-71(3)28-30-72/h4-5,10-15,17-18,20-21,32-33,38,40-41,58,68,70H,6-9,16,19,22-31,34-37H2,1-3H3,(H,66,78)(H,69,81)(H3,65,67,83)/t40-,41-,58+/m1/s1. The maximum absolute atomic E-state index is 14.7. The number of benzene rings is 4. The van der Waals surface area contributed by atoms with Crippen molar-refractivity contribution in [1.82, 2.24) is 35.6 Å². The normalized spacial score (nSPS) is 16.3. The number of ketones is 2. The van der Waals surface area contributed by atoms with Gasteiger partial charge in [-0.2, -0.15) is 0 Å². The van der Waals surface area contributed by atoms with Crippen LogP contribution in [-0.4, -0.2) is 163 Å². The Morgan fingerprint density at radius 2 is 1.51 bits per heavy atom. The number of nitrogens with one attached hydrogen (secondary N) is 5. The number of piperazine rings is 1. The van der Waals surface area contributed by atoms with Crippen molar-refractivity contribution in [2.24, 2.45) is 17.6 Å². The first-order valence-corrected chi connectivity index (χ1v) is 30.7. The number of anilines is 3. The first-order valence-electron chi connectivity index (χ1n) is 29.6. The van der Waals surface area contributed by atoms with E-state index in [1.54, 1.807) is 39.0 Å². The van der Waals surface area contributed by atoms with Crippen LogP contribution in [0.25, 0.3) is 21.7 Å². The van der Waals surface area contributed by atoms with Gasteiger partial charge in [-0.3, -0.25) is 43.4 Å². The number of nitrogens with two attached hydrogens (primary N) is 1. The molecule has 4 aromatic carbocycles. The van der Waals surface area contributed by atoms with Gasteiger partial charge in [-0.25, -0.2) is 14.4 Å². The molecule has 0 saturated carbocycles. The Hall–Kier alpha value is -8.48. The minimum absolute atomic E-state index is 0.0261. The number of hydrogen-bond donors (Lipinski definition) is 6. The predicted octanol–water partition coefficient (Wildman–Crippen LogP) is 6.65. The van der Waals surface area contributed by atoms with Gasteiger partial charge in [-0.1, -0.05) is 66.2 Å². The number of aromatic nitrogens is 1. The summed E-state index contributed by atoms with van der Waals surface area (Å²) in [6.07, 6.45) is 3.31. The summed E-state index contributed by atoms with van der Waals surface area (Å²) in [6.45, 7) is 7.51. The predicted molar refractivity (Wildman–Crippen MR) is 331 cm³/mol. The first-order chi connectivity index (χ1) is 41.9. The summed E-state index contributed by atoms with van der Waals surface area (Å²) in [7, 11) is 2.02. The van der Waals surface area contributed by atoms with E-state index in [0.29, 0.717) is 97.8 Å². The smallest absolute Gasteiger partial charge is 0.415 e. The van der Waals surface area contributed by atoms with Crippen LogP contribution >= 0.6 is 15.9 Å². The molecule has 1 saturated heterocycles. The van der Waals surface area contributed by atoms with E-state index in [1.807, 2.05) is 69.4 Å². The van der Waals surface area contributed by atoms with Crippen molar-refractivity contribution in [3.8, 4) is 5.75 Å². The summed E-state index contributed by atoms with van der Waals surface area (Å²) in [5.74, 6) is -3.00. The summed E-state index contributed by atoms with van der Waals surface area (Å²) in [4.78, 5) is 141. The number of Topliss-reactive ketones (excluding diaryl/α,β-unsaturated/α-hetero) is 2. The number of imide groups is 1. The van der Waals surface area contributed by atoms with Crippen molar-refractivity contribution in [2.45, 2.75) is 83.8 Å². The number of H-pyrrole nitrogens is 1. The molecule has 5 aromatic rings. The Kier molecular flexibility index (Phi) is 20.9. The van der Waals surface area contributed by atoms with Crippen molar-refractivity contribution in [3.05, 3.63) is 107 Å². The lowest BCUT2D eigenvalue weighted by Gasteiger charge is -2.31. The van der Waals surface area contributed by atoms with Crippen LogP contribution < -0.4 is 41.5 Å². The number of hydrogen-bond acceptors (Lipinski definition) is 14. The van der Waals surface area contributed by atoms with Crippen molar-refractivity contribution >= 4 is 114 Å². The second-order valence-corrected chi connectivity index (χ2v) is 23.4. The van der Waals surface area contributed by atoms with E-state index in [9.17, 15) is 47.9 Å². The number of rotatable bonds is 26. The highest BCUT2D eigenvalue weighted by molar-refractivity contribution is 9.09. The molecule has 4 aliphatic heterocycles. The molecule has 87 heavy (non-hydrogen) atoms. The highest BCUT2D eigenvalue weighted by Gasteiger charge is 2.37. The second kappa shape index (κ2) is 28.8. The number of ether oxygens (including phenoxy) is 2. The number of carbonyl (C=O) groups excluding carboxylic acids is 10. The molecular weight excluding hydrogens is 1180 g/mol. The fourth-order valence-corrected chi connectivity index (χ4v) is 12.1. The lowest BCUT2D eigenvalue weighted by molar-refractivity contribution is -0.137. The topological polar surface area (TPSA) is 295 Å². The molecule has 5 heterocycles. The molecule has 460 valence electrons. The molecule has 9 rings (SSSR count). The number of unbranched alkanes of at least 4 members (excludes halogenated alkanes) is 1. The van der Waals surface area contributed by atoms with E-state index in [2.05, 4.69) is 47.1 Å². The van der Waals surface area contributed by atoms with Gasteiger partial charge in [0.2, 0.25) is 11.8 Å². The van der Waals surface area contributed by atoms with Crippen LogP contribution in [0.15, 0.2) is 84.9 Å². The highest BCUT2D eigenvalue weighted by Crippen LogP contribution is 2.47. The van der Waals surface area contributed by atoms with Crippen LogP contribution in [0.2, 0.25) is 0 Å². The van der Waals surface area contributed by atoms with E-state index in [4.69, 9.17) is 15.2 Å². The Labute approximate surface area is 512 Å². The Morgan fingerprint density at radius 1 is 0.782 bits per heavy atom. The molecule has 23 nitrogen and oxygen atoms in total. The molecule has 4 aliphatic rings. The summed E-state index contributed by atoms with van der Waals surface area (Å²) < 4.78 is 11.9. The van der Waals surface area contributed by atoms with Crippen LogP contribution in [0, 0.1) is 11.8 Å². The van der Waals surface area contributed by atoms with E-state index in [1.165, 1.54) is 12.2 Å². The number of primary amides is 1. The van der Waals surface area contributed by atoms with Gasteiger partial charge in [0.05, 0.1) is 24.0 Å². The van der Waals surface area contributed by atoms with Gasteiger partial charge in [0, 0.05) is 136 Å². The van der Waals surface area contributed by atoms with Crippen molar-refractivity contribution < 1.29 is 57.4 Å². The number of carbonyl (C=O) groups is 10. The van der Waals surface area contributed by atoms with Crippen LogP contribution in [0.1, 0.15) is 91.9 Å². The molecule has 0 spiro atoms. The molecular formula is C63H74BrN11O12. The first kappa shape index (κ1) is 63.0. The molecule has 0 radical (unpaired) electrons. The zero-order chi connectivity index (χ0) is 61.9. The number of likely N-dealkylation sites (N-methyl/N-ethyl adjacent to an activating group) is 1. The third-order valence-corrected chi connectivity index (χ3v) is 17.1. The molecule has 7 N–H and O–H groups in total. The monoisotopic (exact) mass is 1260 g/mol. The molecule has 0 unspecified atom stereocenters. The summed E-state index contributed by atoms with van der Waals surface area (Å²) in [5, 5.41) is 14.3. The minimum Gasteiger partial charge on any atom is -0.444 e. The maximum Gasteiger partial charge on any atom is 0.415 e. The SMILES string of the molecule is CC(C)[C@H](NCC(=O)CCC(=O)NCCCCN1C(=O)C=CC1=O)C(=O)C[C@@H](CCCNC(N)=O)C(=O)Nc1ccc(COC(=O)N2CCc3c2ccc2[nH]c(C(=O)N4C[C@@H](CBr)c5c4cc(OC(=O)N4CCN(C)CC4)c4ccccc54)cc32)cc1. The average Bonchev–Trinajstić information content (AvgIpc) is 2.03. The van der Waals surface area contributed by atoms with Gasteiger partial charge in [-0.15, -0.1) is 0 Å². The number of fused-ring (bicyclic) bond motifs is 6. The molecule has 1 fully saturated rings. The van der Waals surface area contributed by atoms with Gasteiger partial charge in [-0.05, 0) is 97.5 Å². The van der Waals surface area contributed by atoms with E-state index < -0.39 is 36.1 Å². The molecule has 9 amide bonds. The number of aromatic amines is 1. The fourth-order valence-electron chi connectivity index (χ4n) is 11.6. The molecule has 1 aromatic heterocycles. The quantitative estimate of drug-likeness (QED) is 0.0192. The van der Waals surface area contributed by atoms with Gasteiger partial charge in [0.15, 0.2) is 5.78 Å². The average molecular weight is 1260 g/mol. The van der Waals surface area contributed by atoms with Crippen molar-refractivity contribution in [1.29, 1.82) is 0 Å². The molecule has 0 aliphatic carbocycles. The lowest BCUT2D eigenvalue weighted by Crippen LogP contribution is -2.48. The van der Waals surface area contributed by atoms with Gasteiger partial charge in [0.25, 0.3) is 17.7 Å².